The van der Waals surface area contributed by atoms with Crippen LogP contribution in [0, 0.1) is 0 Å². The van der Waals surface area contributed by atoms with Crippen LogP contribution >= 0.6 is 11.3 Å². The molecule has 4 rings (SSSR count). The molecule has 7 nitrogen and oxygen atoms in total. The molecule has 8 heteroatoms. The molecule has 2 N–H and O–H groups in total. The molecule has 0 radical (unpaired) electrons. The van der Waals surface area contributed by atoms with E-state index in [2.05, 4.69) is 20.7 Å². The predicted molar refractivity (Wildman–Crippen MR) is 108 cm³/mol. The van der Waals surface area contributed by atoms with Crippen molar-refractivity contribution in [1.82, 2.24) is 14.8 Å². The maximum Gasteiger partial charge on any atom is 0.257 e. The third-order valence-electron chi connectivity index (χ3n) is 3.96. The zero-order valence-electron chi connectivity index (χ0n) is 14.6. The summed E-state index contributed by atoms with van der Waals surface area (Å²) in [6.45, 7) is 0. The fraction of sp³-hybridized carbons (Fsp3) is 0. The van der Waals surface area contributed by atoms with Gasteiger partial charge in [-0.3, -0.25) is 14.9 Å². The Balaban J connectivity index is 1.39. The summed E-state index contributed by atoms with van der Waals surface area (Å²) in [5, 5.41) is 12.0. The molecule has 2 heterocycles. The Morgan fingerprint density at radius 3 is 2.14 bits per heavy atom. The summed E-state index contributed by atoms with van der Waals surface area (Å²) < 4.78 is 1.72. The zero-order valence-corrected chi connectivity index (χ0v) is 15.4. The van der Waals surface area contributed by atoms with E-state index >= 15 is 0 Å². The van der Waals surface area contributed by atoms with Crippen LogP contribution in [0.5, 0.6) is 0 Å². The number of anilines is 2. The van der Waals surface area contributed by atoms with Crippen LogP contribution < -0.4 is 10.6 Å². The zero-order chi connectivity index (χ0) is 19.3. The van der Waals surface area contributed by atoms with E-state index in [-0.39, 0.29) is 11.8 Å². The summed E-state index contributed by atoms with van der Waals surface area (Å²) >= 11 is 1.35. The van der Waals surface area contributed by atoms with E-state index in [1.54, 1.807) is 58.9 Å². The Hall–Kier alpha value is -3.78. The predicted octanol–water partition coefficient (Wildman–Crippen LogP) is 3.83. The van der Waals surface area contributed by atoms with E-state index in [1.165, 1.54) is 11.3 Å². The number of carbonyl (C=O) groups is 2. The minimum absolute atomic E-state index is 0.230. The number of hydrogen-bond donors (Lipinski definition) is 2. The number of carbonyl (C=O) groups excluding carboxylic acids is 2. The van der Waals surface area contributed by atoms with Crippen molar-refractivity contribution in [2.45, 2.75) is 0 Å². The minimum Gasteiger partial charge on any atom is -0.322 e. The van der Waals surface area contributed by atoms with E-state index in [4.69, 9.17) is 0 Å². The molecule has 0 saturated carbocycles. The monoisotopic (exact) mass is 389 g/mol. The number of hydrogen-bond acceptors (Lipinski definition) is 5. The molecule has 28 heavy (non-hydrogen) atoms. The Kier molecular flexibility index (Phi) is 4.94. The van der Waals surface area contributed by atoms with E-state index in [0.29, 0.717) is 21.9 Å². The van der Waals surface area contributed by atoms with E-state index in [9.17, 15) is 9.59 Å². The van der Waals surface area contributed by atoms with Crippen molar-refractivity contribution < 1.29 is 9.59 Å². The van der Waals surface area contributed by atoms with Crippen molar-refractivity contribution in [2.75, 3.05) is 10.6 Å². The average molecular weight is 389 g/mol. The molecule has 0 spiro atoms. The minimum atomic E-state index is -0.248. The highest BCUT2D eigenvalue weighted by molar-refractivity contribution is 7.13. The molecule has 0 atom stereocenters. The van der Waals surface area contributed by atoms with Crippen LogP contribution in [0.3, 0.4) is 0 Å². The Morgan fingerprint density at radius 1 is 0.857 bits per heavy atom. The summed E-state index contributed by atoms with van der Waals surface area (Å²) in [5.74, 6) is -0.478. The SMILES string of the molecule is O=C(Nc1ccc(C(=O)Nc2nccs2)cc1)c1ccc(-n2cccn2)cc1. The Morgan fingerprint density at radius 2 is 1.54 bits per heavy atom. The number of amides is 2. The fourth-order valence-corrected chi connectivity index (χ4v) is 3.07. The van der Waals surface area contributed by atoms with Crippen LogP contribution in [-0.2, 0) is 0 Å². The normalized spacial score (nSPS) is 10.4. The molecule has 0 saturated heterocycles. The highest BCUT2D eigenvalue weighted by Gasteiger charge is 2.10. The fourth-order valence-electron chi connectivity index (χ4n) is 2.55. The van der Waals surface area contributed by atoms with Gasteiger partial charge in [-0.2, -0.15) is 5.10 Å². The first-order valence-corrected chi connectivity index (χ1v) is 9.29. The largest absolute Gasteiger partial charge is 0.322 e. The molecule has 2 amide bonds. The van der Waals surface area contributed by atoms with Crippen molar-refractivity contribution in [3.05, 3.63) is 89.7 Å². The molecule has 138 valence electrons. The lowest BCUT2D eigenvalue weighted by molar-refractivity contribution is 0.102. The van der Waals surface area contributed by atoms with Crippen LogP contribution in [0.4, 0.5) is 10.8 Å². The van der Waals surface area contributed by atoms with Gasteiger partial charge in [0.25, 0.3) is 11.8 Å². The van der Waals surface area contributed by atoms with Gasteiger partial charge in [0.05, 0.1) is 5.69 Å². The van der Waals surface area contributed by atoms with Crippen molar-refractivity contribution in [3.8, 4) is 5.69 Å². The molecule has 0 aliphatic heterocycles. The lowest BCUT2D eigenvalue weighted by atomic mass is 10.1. The highest BCUT2D eigenvalue weighted by Crippen LogP contribution is 2.16. The third-order valence-corrected chi connectivity index (χ3v) is 4.64. The first-order valence-electron chi connectivity index (χ1n) is 8.41. The van der Waals surface area contributed by atoms with Crippen LogP contribution in [0.2, 0.25) is 0 Å². The van der Waals surface area contributed by atoms with Gasteiger partial charge in [-0.25, -0.2) is 9.67 Å². The van der Waals surface area contributed by atoms with Crippen molar-refractivity contribution >= 4 is 34.0 Å². The Labute approximate surface area is 164 Å². The molecule has 0 bridgehead atoms. The summed E-state index contributed by atoms with van der Waals surface area (Å²) in [5.41, 5.74) is 2.49. The van der Waals surface area contributed by atoms with Crippen LogP contribution in [0.25, 0.3) is 5.69 Å². The number of nitrogens with zero attached hydrogens (tertiary/aromatic N) is 3. The number of rotatable bonds is 5. The number of thiazole rings is 1. The second-order valence-electron chi connectivity index (χ2n) is 5.82. The first kappa shape index (κ1) is 17.6. The summed E-state index contributed by atoms with van der Waals surface area (Å²) in [6, 6.07) is 15.6. The van der Waals surface area contributed by atoms with Crippen LogP contribution in [0.1, 0.15) is 20.7 Å². The average Bonchev–Trinajstić information content (AvgIpc) is 3.43. The van der Waals surface area contributed by atoms with Crippen LogP contribution in [-0.4, -0.2) is 26.6 Å². The van der Waals surface area contributed by atoms with E-state index < -0.39 is 0 Å². The highest BCUT2D eigenvalue weighted by atomic mass is 32.1. The molecular formula is C20H15N5O2S. The lowest BCUT2D eigenvalue weighted by Gasteiger charge is -2.08. The standard InChI is InChI=1S/C20H15N5O2S/c26-18(15-4-8-17(9-5-15)25-12-1-10-22-25)23-16-6-2-14(3-7-16)19(27)24-20-21-11-13-28-20/h1-13H,(H,23,26)(H,21,24,27). The molecule has 0 fully saturated rings. The van der Waals surface area contributed by atoms with Gasteiger partial charge in [-0.15, -0.1) is 11.3 Å². The topological polar surface area (TPSA) is 88.9 Å². The number of benzene rings is 2. The quantitative estimate of drug-likeness (QED) is 0.543. The summed E-state index contributed by atoms with van der Waals surface area (Å²) in [7, 11) is 0. The maximum atomic E-state index is 12.4. The van der Waals surface area contributed by atoms with Gasteiger partial charge < -0.3 is 5.32 Å². The molecule has 2 aromatic heterocycles. The van der Waals surface area contributed by atoms with Gasteiger partial charge in [0, 0.05) is 40.8 Å². The molecule has 4 aromatic rings. The smallest absolute Gasteiger partial charge is 0.257 e. The first-order chi connectivity index (χ1) is 13.7. The molecule has 0 unspecified atom stereocenters. The lowest BCUT2D eigenvalue weighted by Crippen LogP contribution is -2.13. The molecule has 2 aromatic carbocycles. The van der Waals surface area contributed by atoms with Gasteiger partial charge in [-0.1, -0.05) is 0 Å². The number of nitrogens with one attached hydrogen (secondary N) is 2. The molecule has 0 aliphatic carbocycles. The third kappa shape index (κ3) is 3.97. The van der Waals surface area contributed by atoms with Gasteiger partial charge in [0.15, 0.2) is 5.13 Å². The van der Waals surface area contributed by atoms with Gasteiger partial charge in [-0.05, 0) is 54.6 Å². The van der Waals surface area contributed by atoms with Crippen molar-refractivity contribution in [1.29, 1.82) is 0 Å². The summed E-state index contributed by atoms with van der Waals surface area (Å²) in [6.07, 6.45) is 5.16. The molecule has 0 aliphatic rings. The van der Waals surface area contributed by atoms with Gasteiger partial charge >= 0.3 is 0 Å². The molecular weight excluding hydrogens is 374 g/mol. The second kappa shape index (κ2) is 7.85. The summed E-state index contributed by atoms with van der Waals surface area (Å²) in [4.78, 5) is 28.6. The van der Waals surface area contributed by atoms with Crippen LogP contribution in [0.15, 0.2) is 78.6 Å². The number of aromatic nitrogens is 3. The Bertz CT molecular complexity index is 1070. The maximum absolute atomic E-state index is 12.4. The van der Waals surface area contributed by atoms with Gasteiger partial charge in [0.1, 0.15) is 0 Å². The van der Waals surface area contributed by atoms with Gasteiger partial charge in [0.2, 0.25) is 0 Å². The van der Waals surface area contributed by atoms with E-state index in [0.717, 1.165) is 5.69 Å². The van der Waals surface area contributed by atoms with Crippen molar-refractivity contribution in [2.24, 2.45) is 0 Å². The second-order valence-corrected chi connectivity index (χ2v) is 6.71. The van der Waals surface area contributed by atoms with E-state index in [1.807, 2.05) is 24.4 Å². The van der Waals surface area contributed by atoms with Crippen molar-refractivity contribution in [3.63, 3.8) is 0 Å².